The van der Waals surface area contributed by atoms with Crippen LogP contribution >= 0.6 is 11.8 Å². The maximum atomic E-state index is 13.4. The van der Waals surface area contributed by atoms with Gasteiger partial charge >= 0.3 is 5.97 Å². The molecule has 1 amide bonds. The Bertz CT molecular complexity index is 1070. The molecule has 3 aromatic rings. The minimum atomic E-state index is -1.11. The molecule has 0 N–H and O–H groups in total. The zero-order chi connectivity index (χ0) is 22.6. The molecule has 0 spiro atoms. The van der Waals surface area contributed by atoms with Crippen LogP contribution in [0.1, 0.15) is 23.6 Å². The molecule has 1 aliphatic rings. The van der Waals surface area contributed by atoms with Gasteiger partial charge in [0.25, 0.3) is 0 Å². The fraction of sp³-hybridized carbons (Fsp3) is 0.231. The van der Waals surface area contributed by atoms with Crippen molar-refractivity contribution in [3.8, 4) is 5.75 Å². The summed E-state index contributed by atoms with van der Waals surface area (Å²) in [5.41, 5.74) is 1.91. The van der Waals surface area contributed by atoms with Crippen LogP contribution in [0, 0.1) is 0 Å². The minimum Gasteiger partial charge on any atom is -0.497 e. The lowest BCUT2D eigenvalue weighted by atomic mass is 9.92. The van der Waals surface area contributed by atoms with E-state index in [2.05, 4.69) is 0 Å². The van der Waals surface area contributed by atoms with Crippen molar-refractivity contribution in [2.24, 2.45) is 0 Å². The fourth-order valence-electron chi connectivity index (χ4n) is 4.21. The van der Waals surface area contributed by atoms with E-state index >= 15 is 0 Å². The number of esters is 1. The number of carbonyl (C=O) groups is 2. The van der Waals surface area contributed by atoms with Gasteiger partial charge in [-0.3, -0.25) is 9.59 Å². The van der Waals surface area contributed by atoms with Gasteiger partial charge in [0.15, 0.2) is 4.75 Å². The standard InChI is InChI=1S/C26H25NO4S/c1-30-21-13-15-22(16-14-21)32-26(25(29)31-2)17-23(28)27(18-19-9-5-3-6-10-19)24(26)20-11-7-4-8-12-20/h3-16,24H,17-18H2,1-2H3/t24-,26-/m1/s1. The van der Waals surface area contributed by atoms with Gasteiger partial charge in [-0.2, -0.15) is 0 Å². The number of thioether (sulfide) groups is 1. The number of nitrogens with zero attached hydrogens (tertiary/aromatic N) is 1. The quantitative estimate of drug-likeness (QED) is 0.484. The highest BCUT2D eigenvalue weighted by Crippen LogP contribution is 2.53. The molecule has 6 heteroatoms. The molecular weight excluding hydrogens is 422 g/mol. The maximum absolute atomic E-state index is 13.4. The van der Waals surface area contributed by atoms with Crippen molar-refractivity contribution in [3.63, 3.8) is 0 Å². The summed E-state index contributed by atoms with van der Waals surface area (Å²) in [6.07, 6.45) is 0.0583. The summed E-state index contributed by atoms with van der Waals surface area (Å²) in [5.74, 6) is 0.250. The summed E-state index contributed by atoms with van der Waals surface area (Å²) < 4.78 is 9.44. The highest BCUT2D eigenvalue weighted by molar-refractivity contribution is 8.01. The van der Waals surface area contributed by atoms with Crippen LogP contribution in [0.5, 0.6) is 5.75 Å². The predicted molar refractivity (Wildman–Crippen MR) is 124 cm³/mol. The topological polar surface area (TPSA) is 55.8 Å². The van der Waals surface area contributed by atoms with E-state index in [-0.39, 0.29) is 12.3 Å². The zero-order valence-electron chi connectivity index (χ0n) is 18.1. The highest BCUT2D eigenvalue weighted by Gasteiger charge is 2.59. The number of benzene rings is 3. The Morgan fingerprint density at radius 2 is 1.59 bits per heavy atom. The van der Waals surface area contributed by atoms with E-state index in [0.717, 1.165) is 21.8 Å². The van der Waals surface area contributed by atoms with Crippen molar-refractivity contribution in [1.29, 1.82) is 0 Å². The number of hydrogen-bond donors (Lipinski definition) is 0. The molecule has 2 atom stereocenters. The Morgan fingerprint density at radius 1 is 0.969 bits per heavy atom. The molecule has 0 aliphatic carbocycles. The number of hydrogen-bond acceptors (Lipinski definition) is 5. The van der Waals surface area contributed by atoms with Crippen LogP contribution < -0.4 is 4.74 Å². The van der Waals surface area contributed by atoms with Crippen molar-refractivity contribution >= 4 is 23.6 Å². The molecule has 1 heterocycles. The smallest absolute Gasteiger partial charge is 0.325 e. The largest absolute Gasteiger partial charge is 0.497 e. The Hall–Kier alpha value is -3.25. The van der Waals surface area contributed by atoms with E-state index in [4.69, 9.17) is 9.47 Å². The molecule has 1 aliphatic heterocycles. The first kappa shape index (κ1) is 22.0. The minimum absolute atomic E-state index is 0.0583. The van der Waals surface area contributed by atoms with E-state index in [1.165, 1.54) is 18.9 Å². The summed E-state index contributed by atoms with van der Waals surface area (Å²) in [4.78, 5) is 29.4. The summed E-state index contributed by atoms with van der Waals surface area (Å²) in [6.45, 7) is 0.418. The third kappa shape index (κ3) is 4.23. The lowest BCUT2D eigenvalue weighted by Crippen LogP contribution is -2.42. The van der Waals surface area contributed by atoms with E-state index in [9.17, 15) is 9.59 Å². The third-order valence-electron chi connectivity index (χ3n) is 5.69. The fourth-order valence-corrected chi connectivity index (χ4v) is 5.64. The van der Waals surface area contributed by atoms with Gasteiger partial charge in [-0.05, 0) is 35.4 Å². The number of amides is 1. The second-order valence-corrected chi connectivity index (χ2v) is 9.06. The molecule has 4 rings (SSSR count). The summed E-state index contributed by atoms with van der Waals surface area (Å²) in [7, 11) is 2.99. The molecule has 0 radical (unpaired) electrons. The summed E-state index contributed by atoms with van der Waals surface area (Å²) in [5, 5.41) is 0. The molecule has 3 aromatic carbocycles. The summed E-state index contributed by atoms with van der Waals surface area (Å²) in [6, 6.07) is 26.6. The number of ether oxygens (including phenoxy) is 2. The lowest BCUT2D eigenvalue weighted by molar-refractivity contribution is -0.144. The van der Waals surface area contributed by atoms with Gasteiger partial charge in [-0.1, -0.05) is 60.7 Å². The average molecular weight is 448 g/mol. The van der Waals surface area contributed by atoms with Crippen LogP contribution in [-0.4, -0.2) is 35.7 Å². The van der Waals surface area contributed by atoms with Gasteiger partial charge in [0.05, 0.1) is 26.7 Å². The first-order chi connectivity index (χ1) is 15.6. The van der Waals surface area contributed by atoms with E-state index in [0.29, 0.717) is 6.54 Å². The predicted octanol–water partition coefficient (Wildman–Crippen LogP) is 4.87. The van der Waals surface area contributed by atoms with Crippen LogP contribution in [0.15, 0.2) is 89.8 Å². The SMILES string of the molecule is COC(=O)[C@@]1(Sc2ccc(OC)cc2)CC(=O)N(Cc2ccccc2)[C@@H]1c1ccccc1. The first-order valence-corrected chi connectivity index (χ1v) is 11.2. The van der Waals surface area contributed by atoms with Crippen LogP contribution in [0.2, 0.25) is 0 Å². The number of methoxy groups -OCH3 is 2. The molecule has 0 saturated carbocycles. The van der Waals surface area contributed by atoms with Crippen LogP contribution in [0.3, 0.4) is 0 Å². The van der Waals surface area contributed by atoms with Crippen LogP contribution in [0.4, 0.5) is 0 Å². The first-order valence-electron chi connectivity index (χ1n) is 10.4. The molecule has 0 unspecified atom stereocenters. The second kappa shape index (κ2) is 9.49. The zero-order valence-corrected chi connectivity index (χ0v) is 18.9. The Labute approximate surface area is 192 Å². The van der Waals surface area contributed by atoms with E-state index in [1.54, 1.807) is 12.0 Å². The maximum Gasteiger partial charge on any atom is 0.325 e. The van der Waals surface area contributed by atoms with Crippen LogP contribution in [0.25, 0.3) is 0 Å². The molecule has 0 bridgehead atoms. The van der Waals surface area contributed by atoms with Gasteiger partial charge in [-0.15, -0.1) is 11.8 Å². The molecule has 5 nitrogen and oxygen atoms in total. The Balaban J connectivity index is 1.80. The number of carbonyl (C=O) groups excluding carboxylic acids is 2. The van der Waals surface area contributed by atoms with E-state index in [1.807, 2.05) is 84.9 Å². The molecular formula is C26H25NO4S. The Morgan fingerprint density at radius 3 is 2.19 bits per heavy atom. The monoisotopic (exact) mass is 447 g/mol. The van der Waals surface area contributed by atoms with Gasteiger partial charge < -0.3 is 14.4 Å². The normalized spacial score (nSPS) is 20.2. The molecule has 164 valence electrons. The van der Waals surface area contributed by atoms with Crippen molar-refractivity contribution < 1.29 is 19.1 Å². The third-order valence-corrected chi connectivity index (χ3v) is 7.10. The Kier molecular flexibility index (Phi) is 6.51. The molecule has 1 fully saturated rings. The van der Waals surface area contributed by atoms with Crippen molar-refractivity contribution in [2.75, 3.05) is 14.2 Å². The van der Waals surface area contributed by atoms with E-state index < -0.39 is 16.8 Å². The number of rotatable bonds is 7. The second-order valence-electron chi connectivity index (χ2n) is 7.66. The summed E-state index contributed by atoms with van der Waals surface area (Å²) >= 11 is 1.38. The van der Waals surface area contributed by atoms with Crippen molar-refractivity contribution in [1.82, 2.24) is 4.90 Å². The highest BCUT2D eigenvalue weighted by atomic mass is 32.2. The molecule has 1 saturated heterocycles. The molecule has 0 aromatic heterocycles. The number of likely N-dealkylation sites (tertiary alicyclic amines) is 1. The lowest BCUT2D eigenvalue weighted by Gasteiger charge is -2.35. The van der Waals surface area contributed by atoms with Gasteiger partial charge in [0.1, 0.15) is 5.75 Å². The van der Waals surface area contributed by atoms with Gasteiger partial charge in [0, 0.05) is 11.4 Å². The van der Waals surface area contributed by atoms with Crippen LogP contribution in [-0.2, 0) is 20.9 Å². The molecule has 32 heavy (non-hydrogen) atoms. The van der Waals surface area contributed by atoms with Crippen molar-refractivity contribution in [2.45, 2.75) is 28.6 Å². The van der Waals surface area contributed by atoms with Gasteiger partial charge in [-0.25, -0.2) is 0 Å². The van der Waals surface area contributed by atoms with Gasteiger partial charge in [0.2, 0.25) is 5.91 Å². The average Bonchev–Trinajstić information content (AvgIpc) is 3.11. The van der Waals surface area contributed by atoms with Crippen molar-refractivity contribution in [3.05, 3.63) is 96.1 Å².